The van der Waals surface area contributed by atoms with Gasteiger partial charge in [0.1, 0.15) is 24.2 Å². The minimum absolute atomic E-state index is 0.0204. The van der Waals surface area contributed by atoms with Gasteiger partial charge in [-0.2, -0.15) is 0 Å². The highest BCUT2D eigenvalue weighted by atomic mass is 19.1. The van der Waals surface area contributed by atoms with E-state index in [1.165, 1.54) is 30.0 Å². The van der Waals surface area contributed by atoms with Crippen molar-refractivity contribution in [2.75, 3.05) is 26.7 Å². The standard InChI is InChI=1S/C14H19FN2O4/c1-10(14(19)20)17(2)9-13(18)16-6-7-21-12-5-3-4-11(15)8-12/h3-5,8,10H,6-7,9H2,1-2H3,(H,16,18)(H,19,20). The van der Waals surface area contributed by atoms with E-state index in [1.54, 1.807) is 13.1 Å². The van der Waals surface area contributed by atoms with E-state index in [2.05, 4.69) is 5.32 Å². The summed E-state index contributed by atoms with van der Waals surface area (Å²) in [4.78, 5) is 23.7. The Kier molecular flexibility index (Phi) is 6.61. The molecule has 2 N–H and O–H groups in total. The molecule has 1 unspecified atom stereocenters. The van der Waals surface area contributed by atoms with Crippen LogP contribution in [0.25, 0.3) is 0 Å². The van der Waals surface area contributed by atoms with E-state index < -0.39 is 12.0 Å². The normalized spacial score (nSPS) is 12.0. The number of benzene rings is 1. The first-order chi connectivity index (χ1) is 9.90. The summed E-state index contributed by atoms with van der Waals surface area (Å²) < 4.78 is 18.2. The van der Waals surface area contributed by atoms with Crippen LogP contribution in [-0.2, 0) is 9.59 Å². The zero-order chi connectivity index (χ0) is 15.8. The first-order valence-corrected chi connectivity index (χ1v) is 6.48. The van der Waals surface area contributed by atoms with Gasteiger partial charge in [-0.3, -0.25) is 14.5 Å². The van der Waals surface area contributed by atoms with Crippen LogP contribution in [0, 0.1) is 5.82 Å². The monoisotopic (exact) mass is 298 g/mol. The molecule has 0 spiro atoms. The van der Waals surface area contributed by atoms with Crippen LogP contribution in [0.5, 0.6) is 5.75 Å². The summed E-state index contributed by atoms with van der Waals surface area (Å²) >= 11 is 0. The third kappa shape index (κ3) is 6.22. The van der Waals surface area contributed by atoms with Gasteiger partial charge in [-0.1, -0.05) is 6.07 Å². The smallest absolute Gasteiger partial charge is 0.320 e. The van der Waals surface area contributed by atoms with Crippen LogP contribution < -0.4 is 10.1 Å². The lowest BCUT2D eigenvalue weighted by molar-refractivity contribution is -0.142. The number of carbonyl (C=O) groups is 2. The maximum atomic E-state index is 12.9. The van der Waals surface area contributed by atoms with Gasteiger partial charge in [-0.15, -0.1) is 0 Å². The van der Waals surface area contributed by atoms with Gasteiger partial charge in [-0.25, -0.2) is 4.39 Å². The molecule has 1 amide bonds. The molecule has 21 heavy (non-hydrogen) atoms. The number of aliphatic carboxylic acids is 1. The largest absolute Gasteiger partial charge is 0.492 e. The maximum absolute atomic E-state index is 12.9. The van der Waals surface area contributed by atoms with Crippen LogP contribution in [-0.4, -0.2) is 54.7 Å². The lowest BCUT2D eigenvalue weighted by Crippen LogP contribution is -2.43. The average molecular weight is 298 g/mol. The fourth-order valence-corrected chi connectivity index (χ4v) is 1.52. The fraction of sp³-hybridized carbons (Fsp3) is 0.429. The van der Waals surface area contributed by atoms with Crippen molar-refractivity contribution in [3.8, 4) is 5.75 Å². The number of carboxylic acid groups (broad SMARTS) is 1. The van der Waals surface area contributed by atoms with Crippen LogP contribution in [0.1, 0.15) is 6.92 Å². The van der Waals surface area contributed by atoms with Crippen molar-refractivity contribution >= 4 is 11.9 Å². The molecule has 1 atom stereocenters. The summed E-state index contributed by atoms with van der Waals surface area (Å²) in [5.74, 6) is -1.28. The van der Waals surface area contributed by atoms with Crippen molar-refractivity contribution in [2.24, 2.45) is 0 Å². The first-order valence-electron chi connectivity index (χ1n) is 6.48. The molecule has 1 aromatic carbocycles. The van der Waals surface area contributed by atoms with Crippen LogP contribution in [0.4, 0.5) is 4.39 Å². The number of carboxylic acids is 1. The van der Waals surface area contributed by atoms with E-state index in [-0.39, 0.29) is 31.4 Å². The number of rotatable bonds is 8. The van der Waals surface area contributed by atoms with E-state index in [0.29, 0.717) is 5.75 Å². The summed E-state index contributed by atoms with van der Waals surface area (Å²) in [6, 6.07) is 4.98. The van der Waals surface area contributed by atoms with Crippen LogP contribution in [0.3, 0.4) is 0 Å². The van der Waals surface area contributed by atoms with Gasteiger partial charge in [0, 0.05) is 6.07 Å². The van der Waals surface area contributed by atoms with Gasteiger partial charge >= 0.3 is 5.97 Å². The SMILES string of the molecule is CC(C(=O)O)N(C)CC(=O)NCCOc1cccc(F)c1. The Bertz CT molecular complexity index is 496. The number of nitrogens with zero attached hydrogens (tertiary/aromatic N) is 1. The number of amides is 1. The van der Waals surface area contributed by atoms with Crippen molar-refractivity contribution in [1.29, 1.82) is 0 Å². The number of nitrogens with one attached hydrogen (secondary N) is 1. The van der Waals surface area contributed by atoms with Crippen molar-refractivity contribution in [3.63, 3.8) is 0 Å². The minimum atomic E-state index is -0.986. The van der Waals surface area contributed by atoms with Crippen molar-refractivity contribution in [2.45, 2.75) is 13.0 Å². The first kappa shape index (κ1) is 16.9. The van der Waals surface area contributed by atoms with Crippen molar-refractivity contribution in [1.82, 2.24) is 10.2 Å². The highest BCUT2D eigenvalue weighted by molar-refractivity contribution is 5.79. The quantitative estimate of drug-likeness (QED) is 0.692. The second-order valence-corrected chi connectivity index (χ2v) is 4.59. The van der Waals surface area contributed by atoms with Gasteiger partial charge in [-0.05, 0) is 26.1 Å². The fourth-order valence-electron chi connectivity index (χ4n) is 1.52. The zero-order valence-electron chi connectivity index (χ0n) is 12.0. The number of hydrogen-bond donors (Lipinski definition) is 2. The minimum Gasteiger partial charge on any atom is -0.492 e. The number of ether oxygens (including phenoxy) is 1. The molecule has 1 aromatic rings. The van der Waals surface area contributed by atoms with Crippen LogP contribution in [0.2, 0.25) is 0 Å². The molecule has 0 saturated carbocycles. The molecular formula is C14H19FN2O4. The molecular weight excluding hydrogens is 279 g/mol. The highest BCUT2D eigenvalue weighted by Gasteiger charge is 2.18. The van der Waals surface area contributed by atoms with Crippen LogP contribution >= 0.6 is 0 Å². The average Bonchev–Trinajstić information content (AvgIpc) is 2.42. The lowest BCUT2D eigenvalue weighted by Gasteiger charge is -2.20. The van der Waals surface area contributed by atoms with E-state index in [9.17, 15) is 14.0 Å². The van der Waals surface area contributed by atoms with Gasteiger partial charge in [0.05, 0.1) is 13.1 Å². The van der Waals surface area contributed by atoms with Gasteiger partial charge < -0.3 is 15.2 Å². The molecule has 0 heterocycles. The Labute approximate surface area is 122 Å². The molecule has 0 saturated heterocycles. The highest BCUT2D eigenvalue weighted by Crippen LogP contribution is 2.11. The molecule has 0 aliphatic heterocycles. The van der Waals surface area contributed by atoms with Gasteiger partial charge in [0.25, 0.3) is 0 Å². The third-order valence-electron chi connectivity index (χ3n) is 2.90. The molecule has 0 aromatic heterocycles. The van der Waals surface area contributed by atoms with E-state index in [1.807, 2.05) is 0 Å². The summed E-state index contributed by atoms with van der Waals surface area (Å²) in [6.07, 6.45) is 0. The Morgan fingerprint density at radius 3 is 2.81 bits per heavy atom. The maximum Gasteiger partial charge on any atom is 0.320 e. The number of hydrogen-bond acceptors (Lipinski definition) is 4. The molecule has 0 fully saturated rings. The Hall–Kier alpha value is -2.15. The van der Waals surface area contributed by atoms with E-state index in [4.69, 9.17) is 9.84 Å². The summed E-state index contributed by atoms with van der Waals surface area (Å²) in [5.41, 5.74) is 0. The van der Waals surface area contributed by atoms with E-state index >= 15 is 0 Å². The second kappa shape index (κ2) is 8.21. The number of carbonyl (C=O) groups excluding carboxylic acids is 1. The lowest BCUT2D eigenvalue weighted by atomic mass is 10.3. The summed E-state index contributed by atoms with van der Waals surface area (Å²) in [5, 5.41) is 11.4. The zero-order valence-corrected chi connectivity index (χ0v) is 12.0. The van der Waals surface area contributed by atoms with E-state index in [0.717, 1.165) is 0 Å². The second-order valence-electron chi connectivity index (χ2n) is 4.59. The Morgan fingerprint density at radius 2 is 2.19 bits per heavy atom. The number of halogens is 1. The molecule has 0 aliphatic carbocycles. The summed E-state index contributed by atoms with van der Waals surface area (Å²) in [7, 11) is 1.56. The molecule has 1 rings (SSSR count). The van der Waals surface area contributed by atoms with Crippen molar-refractivity contribution < 1.29 is 23.8 Å². The van der Waals surface area contributed by atoms with Gasteiger partial charge in [0.15, 0.2) is 0 Å². The molecule has 0 radical (unpaired) electrons. The Balaban J connectivity index is 2.23. The molecule has 0 bridgehead atoms. The topological polar surface area (TPSA) is 78.9 Å². The molecule has 116 valence electrons. The third-order valence-corrected chi connectivity index (χ3v) is 2.90. The van der Waals surface area contributed by atoms with Crippen molar-refractivity contribution in [3.05, 3.63) is 30.1 Å². The van der Waals surface area contributed by atoms with Crippen LogP contribution in [0.15, 0.2) is 24.3 Å². The van der Waals surface area contributed by atoms with Gasteiger partial charge in [0.2, 0.25) is 5.91 Å². The molecule has 6 nitrogen and oxygen atoms in total. The molecule has 0 aliphatic rings. The molecule has 7 heteroatoms. The predicted molar refractivity (Wildman–Crippen MR) is 74.6 cm³/mol. The number of likely N-dealkylation sites (N-methyl/N-ethyl adjacent to an activating group) is 1. The summed E-state index contributed by atoms with van der Waals surface area (Å²) in [6.45, 7) is 1.94. The Morgan fingerprint density at radius 1 is 1.48 bits per heavy atom. The predicted octanol–water partition coefficient (Wildman–Crippen LogP) is 0.726.